The molecule has 0 atom stereocenters. The van der Waals surface area contributed by atoms with Crippen molar-refractivity contribution < 1.29 is 4.79 Å². The molecule has 6 nitrogen and oxygen atoms in total. The number of hydrogen-bond acceptors (Lipinski definition) is 6. The Morgan fingerprint density at radius 2 is 1.93 bits per heavy atom. The van der Waals surface area contributed by atoms with Gasteiger partial charge in [0.15, 0.2) is 5.13 Å². The molecule has 2 N–H and O–H groups in total. The average Bonchev–Trinajstić information content (AvgIpc) is 3.20. The monoisotopic (exact) mass is 411 g/mol. The predicted octanol–water partition coefficient (Wildman–Crippen LogP) is 4.91. The first kappa shape index (κ1) is 18.2. The van der Waals surface area contributed by atoms with Gasteiger partial charge in [-0.25, -0.2) is 9.97 Å². The highest BCUT2D eigenvalue weighted by Crippen LogP contribution is 2.30. The Bertz CT molecular complexity index is 1340. The third-order valence-electron chi connectivity index (χ3n) is 4.73. The van der Waals surface area contributed by atoms with Gasteiger partial charge in [-0.1, -0.05) is 41.7 Å². The lowest BCUT2D eigenvalue weighted by atomic mass is 10.1. The second-order valence-electron chi connectivity index (χ2n) is 6.75. The third kappa shape index (κ3) is 3.70. The van der Waals surface area contributed by atoms with Gasteiger partial charge in [-0.2, -0.15) is 0 Å². The van der Waals surface area contributed by atoms with E-state index in [1.807, 2.05) is 48.5 Å². The number of amides is 1. The van der Waals surface area contributed by atoms with Gasteiger partial charge in [0.25, 0.3) is 5.91 Å². The van der Waals surface area contributed by atoms with Crippen molar-refractivity contribution in [3.8, 4) is 0 Å². The molecule has 1 amide bonds. The lowest BCUT2D eigenvalue weighted by molar-refractivity contribution is 0.0951. The van der Waals surface area contributed by atoms with Gasteiger partial charge < -0.3 is 10.6 Å². The number of carbonyl (C=O) groups excluding carboxylic acids is 1. The first-order valence-electron chi connectivity index (χ1n) is 9.45. The molecule has 2 aromatic carbocycles. The third-order valence-corrected chi connectivity index (χ3v) is 5.66. The fourth-order valence-corrected chi connectivity index (χ4v) is 4.13. The van der Waals surface area contributed by atoms with Crippen LogP contribution in [-0.2, 0) is 6.54 Å². The molecule has 5 aromatic rings. The Morgan fingerprint density at radius 1 is 1.00 bits per heavy atom. The summed E-state index contributed by atoms with van der Waals surface area (Å²) in [7, 11) is 0. The van der Waals surface area contributed by atoms with Crippen LogP contribution in [0.15, 0.2) is 79.3 Å². The SMILES string of the molecule is O=C(NCc1cccnc1)c1ccc2nc(Nc3nccc4ccccc34)sc2c1. The van der Waals surface area contributed by atoms with E-state index in [9.17, 15) is 4.79 Å². The quantitative estimate of drug-likeness (QED) is 0.429. The topological polar surface area (TPSA) is 79.8 Å². The Morgan fingerprint density at radius 3 is 2.83 bits per heavy atom. The van der Waals surface area contributed by atoms with E-state index >= 15 is 0 Å². The van der Waals surface area contributed by atoms with Crippen LogP contribution in [0.3, 0.4) is 0 Å². The van der Waals surface area contributed by atoms with Crippen molar-refractivity contribution in [1.29, 1.82) is 0 Å². The second kappa shape index (κ2) is 7.88. The molecule has 0 spiro atoms. The van der Waals surface area contributed by atoms with Gasteiger partial charge in [0.1, 0.15) is 5.82 Å². The zero-order valence-corrected chi connectivity index (χ0v) is 16.7. The van der Waals surface area contributed by atoms with E-state index in [2.05, 4.69) is 31.7 Å². The molecule has 0 aliphatic heterocycles. The van der Waals surface area contributed by atoms with Gasteiger partial charge in [-0.05, 0) is 41.3 Å². The van der Waals surface area contributed by atoms with Gasteiger partial charge in [0, 0.05) is 36.1 Å². The molecular formula is C23H17N5OS. The molecule has 0 saturated carbocycles. The number of carbonyl (C=O) groups is 1. The number of anilines is 2. The summed E-state index contributed by atoms with van der Waals surface area (Å²) in [4.78, 5) is 25.7. The zero-order chi connectivity index (χ0) is 20.3. The smallest absolute Gasteiger partial charge is 0.251 e. The fraction of sp³-hybridized carbons (Fsp3) is 0.0435. The predicted molar refractivity (Wildman–Crippen MR) is 120 cm³/mol. The maximum absolute atomic E-state index is 12.5. The summed E-state index contributed by atoms with van der Waals surface area (Å²) in [5, 5.41) is 9.14. The van der Waals surface area contributed by atoms with Gasteiger partial charge >= 0.3 is 0 Å². The van der Waals surface area contributed by atoms with E-state index in [0.717, 1.165) is 37.5 Å². The summed E-state index contributed by atoms with van der Waals surface area (Å²) in [5.41, 5.74) is 2.40. The molecule has 7 heteroatoms. The molecule has 0 radical (unpaired) electrons. The number of benzene rings is 2. The number of pyridine rings is 2. The summed E-state index contributed by atoms with van der Waals surface area (Å²) in [5.74, 6) is 0.640. The number of aromatic nitrogens is 3. The fourth-order valence-electron chi connectivity index (χ4n) is 3.23. The highest BCUT2D eigenvalue weighted by molar-refractivity contribution is 7.22. The van der Waals surface area contributed by atoms with Gasteiger partial charge in [0.2, 0.25) is 0 Å². The van der Waals surface area contributed by atoms with Crippen molar-refractivity contribution in [2.24, 2.45) is 0 Å². The number of nitrogens with one attached hydrogen (secondary N) is 2. The highest BCUT2D eigenvalue weighted by Gasteiger charge is 2.11. The Hall–Kier alpha value is -3.84. The molecule has 0 aliphatic rings. The molecular weight excluding hydrogens is 394 g/mol. The van der Waals surface area contributed by atoms with E-state index in [-0.39, 0.29) is 5.91 Å². The molecule has 3 aromatic heterocycles. The summed E-state index contributed by atoms with van der Waals surface area (Å²) in [6.45, 7) is 0.437. The number of fused-ring (bicyclic) bond motifs is 2. The standard InChI is InChI=1S/C23H17N5OS/c29-22(26-14-15-4-3-10-24-13-15)17-7-8-19-20(12-17)30-23(27-19)28-21-18-6-2-1-5-16(18)9-11-25-21/h1-13H,14H2,(H,26,29)(H,25,27,28). The molecule has 0 fully saturated rings. The largest absolute Gasteiger partial charge is 0.348 e. The van der Waals surface area contributed by atoms with Crippen LogP contribution in [0.1, 0.15) is 15.9 Å². The van der Waals surface area contributed by atoms with Crippen LogP contribution in [0.4, 0.5) is 10.9 Å². The van der Waals surface area contributed by atoms with Crippen LogP contribution in [0.2, 0.25) is 0 Å². The molecule has 146 valence electrons. The van der Waals surface area contributed by atoms with Gasteiger partial charge in [0.05, 0.1) is 10.2 Å². The summed E-state index contributed by atoms with van der Waals surface area (Å²) in [6, 6.07) is 19.4. The average molecular weight is 411 g/mol. The second-order valence-corrected chi connectivity index (χ2v) is 7.78. The molecule has 0 aliphatic carbocycles. The van der Waals surface area contributed by atoms with Gasteiger partial charge in [-0.3, -0.25) is 9.78 Å². The Kier molecular flexibility index (Phi) is 4.78. The maximum Gasteiger partial charge on any atom is 0.251 e. The molecule has 3 heterocycles. The lowest BCUT2D eigenvalue weighted by Crippen LogP contribution is -2.22. The normalized spacial score (nSPS) is 10.9. The summed E-state index contributed by atoms with van der Waals surface area (Å²) < 4.78 is 0.937. The van der Waals surface area contributed by atoms with Crippen molar-refractivity contribution >= 4 is 49.2 Å². The number of rotatable bonds is 5. The van der Waals surface area contributed by atoms with Crippen molar-refractivity contribution in [3.63, 3.8) is 0 Å². The van der Waals surface area contributed by atoms with Gasteiger partial charge in [-0.15, -0.1) is 0 Å². The van der Waals surface area contributed by atoms with Crippen LogP contribution < -0.4 is 10.6 Å². The summed E-state index contributed by atoms with van der Waals surface area (Å²) in [6.07, 6.45) is 5.23. The minimum Gasteiger partial charge on any atom is -0.348 e. The van der Waals surface area contributed by atoms with Crippen molar-refractivity contribution in [3.05, 3.63) is 90.4 Å². The van der Waals surface area contributed by atoms with E-state index < -0.39 is 0 Å². The number of nitrogens with zero attached hydrogens (tertiary/aromatic N) is 3. The molecule has 30 heavy (non-hydrogen) atoms. The van der Waals surface area contributed by atoms with Crippen LogP contribution in [0, 0.1) is 0 Å². The molecule has 0 saturated heterocycles. The van der Waals surface area contributed by atoms with Crippen LogP contribution >= 0.6 is 11.3 Å². The number of hydrogen-bond donors (Lipinski definition) is 2. The first-order chi connectivity index (χ1) is 14.8. The molecule has 5 rings (SSSR count). The van der Waals surface area contributed by atoms with E-state index in [0.29, 0.717) is 12.1 Å². The minimum atomic E-state index is -0.126. The Balaban J connectivity index is 1.36. The minimum absolute atomic E-state index is 0.126. The van der Waals surface area contributed by atoms with Crippen molar-refractivity contribution in [2.75, 3.05) is 5.32 Å². The van der Waals surface area contributed by atoms with Crippen LogP contribution in [-0.4, -0.2) is 20.9 Å². The zero-order valence-electron chi connectivity index (χ0n) is 15.9. The van der Waals surface area contributed by atoms with E-state index in [1.165, 1.54) is 11.3 Å². The maximum atomic E-state index is 12.5. The van der Waals surface area contributed by atoms with Crippen LogP contribution in [0.5, 0.6) is 0 Å². The molecule has 0 bridgehead atoms. The van der Waals surface area contributed by atoms with E-state index in [4.69, 9.17) is 0 Å². The Labute approximate surface area is 176 Å². The lowest BCUT2D eigenvalue weighted by Gasteiger charge is -2.05. The van der Waals surface area contributed by atoms with E-state index in [1.54, 1.807) is 24.7 Å². The first-order valence-corrected chi connectivity index (χ1v) is 10.3. The van der Waals surface area contributed by atoms with Crippen molar-refractivity contribution in [2.45, 2.75) is 6.54 Å². The number of thiazole rings is 1. The highest BCUT2D eigenvalue weighted by atomic mass is 32.1. The summed E-state index contributed by atoms with van der Waals surface area (Å²) >= 11 is 1.49. The molecule has 0 unspecified atom stereocenters. The van der Waals surface area contributed by atoms with Crippen LogP contribution in [0.25, 0.3) is 21.0 Å². The van der Waals surface area contributed by atoms with Crippen molar-refractivity contribution in [1.82, 2.24) is 20.3 Å².